The Balaban J connectivity index is 1.55. The number of aliphatic imine (C=N–C) groups is 1. The van der Waals surface area contributed by atoms with Gasteiger partial charge >= 0.3 is 0 Å². The molecule has 2 fully saturated rings. The molecule has 0 bridgehead atoms. The Morgan fingerprint density at radius 2 is 2.08 bits per heavy atom. The maximum Gasteiger partial charge on any atom is 0.191 e. The van der Waals surface area contributed by atoms with Gasteiger partial charge in [-0.15, -0.1) is 0 Å². The predicted octanol–water partition coefficient (Wildman–Crippen LogP) is 1.98. The zero-order valence-corrected chi connectivity index (χ0v) is 15.5. The lowest BCUT2D eigenvalue weighted by molar-refractivity contribution is 0.216. The van der Waals surface area contributed by atoms with Crippen molar-refractivity contribution >= 4 is 5.96 Å². The van der Waals surface area contributed by atoms with E-state index in [0.717, 1.165) is 51.4 Å². The summed E-state index contributed by atoms with van der Waals surface area (Å²) in [6, 6.07) is 11.7. The van der Waals surface area contributed by atoms with Gasteiger partial charge in [-0.3, -0.25) is 9.89 Å². The van der Waals surface area contributed by atoms with Crippen molar-refractivity contribution in [3.05, 3.63) is 35.9 Å². The number of rotatable bonds is 7. The fraction of sp³-hybridized carbons (Fsp3) is 0.650. The number of aliphatic hydroxyl groups is 1. The van der Waals surface area contributed by atoms with Crippen LogP contribution in [-0.2, 0) is 6.54 Å². The lowest BCUT2D eigenvalue weighted by Gasteiger charge is -2.21. The molecular weight excluding hydrogens is 312 g/mol. The zero-order valence-electron chi connectivity index (χ0n) is 15.5. The number of hydrogen-bond acceptors (Lipinski definition) is 3. The Morgan fingerprint density at radius 3 is 2.72 bits per heavy atom. The highest BCUT2D eigenvalue weighted by atomic mass is 16.3. The minimum Gasteiger partial charge on any atom is -0.396 e. The van der Waals surface area contributed by atoms with Gasteiger partial charge in [0.05, 0.1) is 13.2 Å². The molecule has 0 aromatic heterocycles. The second-order valence-corrected chi connectivity index (χ2v) is 7.69. The minimum atomic E-state index is 0.0602. The van der Waals surface area contributed by atoms with Crippen LogP contribution >= 0.6 is 0 Å². The summed E-state index contributed by atoms with van der Waals surface area (Å²) in [5.41, 5.74) is 1.43. The van der Waals surface area contributed by atoms with E-state index in [1.54, 1.807) is 0 Å². The molecule has 5 heteroatoms. The highest BCUT2D eigenvalue weighted by Crippen LogP contribution is 2.45. The molecule has 138 valence electrons. The van der Waals surface area contributed by atoms with Crippen LogP contribution in [0.15, 0.2) is 35.3 Å². The first-order valence-electron chi connectivity index (χ1n) is 9.58. The van der Waals surface area contributed by atoms with Crippen molar-refractivity contribution < 1.29 is 5.11 Å². The normalized spacial score (nSPS) is 25.8. The van der Waals surface area contributed by atoms with Crippen LogP contribution in [-0.4, -0.2) is 54.3 Å². The summed E-state index contributed by atoms with van der Waals surface area (Å²) in [7, 11) is 0. The predicted molar refractivity (Wildman–Crippen MR) is 103 cm³/mol. The van der Waals surface area contributed by atoms with Crippen LogP contribution in [0.1, 0.15) is 38.7 Å². The number of benzene rings is 1. The van der Waals surface area contributed by atoms with Crippen molar-refractivity contribution in [1.82, 2.24) is 15.5 Å². The molecule has 1 aliphatic carbocycles. The third-order valence-corrected chi connectivity index (χ3v) is 5.48. The van der Waals surface area contributed by atoms with Crippen LogP contribution in [0.4, 0.5) is 0 Å². The van der Waals surface area contributed by atoms with E-state index in [1.807, 2.05) is 0 Å². The van der Waals surface area contributed by atoms with Crippen molar-refractivity contribution in [2.45, 2.75) is 51.7 Å². The molecule has 0 spiro atoms. The fourth-order valence-electron chi connectivity index (χ4n) is 3.54. The quantitative estimate of drug-likeness (QED) is 0.523. The Hall–Kier alpha value is -1.59. The van der Waals surface area contributed by atoms with Gasteiger partial charge < -0.3 is 15.7 Å². The van der Waals surface area contributed by atoms with Crippen molar-refractivity contribution in [2.75, 3.05) is 26.2 Å². The summed E-state index contributed by atoms with van der Waals surface area (Å²) in [6.07, 6.45) is 3.32. The molecule has 1 aromatic carbocycles. The van der Waals surface area contributed by atoms with Crippen LogP contribution in [0.25, 0.3) is 0 Å². The molecule has 1 saturated carbocycles. The van der Waals surface area contributed by atoms with Crippen molar-refractivity contribution in [1.29, 1.82) is 0 Å². The van der Waals surface area contributed by atoms with Crippen molar-refractivity contribution in [3.8, 4) is 0 Å². The molecule has 3 N–H and O–H groups in total. The van der Waals surface area contributed by atoms with Crippen LogP contribution in [0, 0.1) is 5.41 Å². The highest BCUT2D eigenvalue weighted by molar-refractivity contribution is 5.80. The second-order valence-electron chi connectivity index (χ2n) is 7.69. The second kappa shape index (κ2) is 8.19. The highest BCUT2D eigenvalue weighted by Gasteiger charge is 2.42. The summed E-state index contributed by atoms with van der Waals surface area (Å²) in [5, 5.41) is 16.4. The lowest BCUT2D eigenvalue weighted by atomic mass is 10.1. The monoisotopic (exact) mass is 344 g/mol. The van der Waals surface area contributed by atoms with Crippen LogP contribution in [0.5, 0.6) is 0 Å². The van der Waals surface area contributed by atoms with Crippen LogP contribution in [0.3, 0.4) is 0 Å². The molecule has 2 aliphatic rings. The number of guanidine groups is 1. The fourth-order valence-corrected chi connectivity index (χ4v) is 3.54. The van der Waals surface area contributed by atoms with Crippen LogP contribution in [0.2, 0.25) is 0 Å². The van der Waals surface area contributed by atoms with Crippen LogP contribution < -0.4 is 10.6 Å². The molecule has 25 heavy (non-hydrogen) atoms. The Labute approximate surface area is 151 Å². The maximum absolute atomic E-state index is 9.48. The van der Waals surface area contributed by atoms with E-state index < -0.39 is 0 Å². The van der Waals surface area contributed by atoms with Gasteiger partial charge in [-0.05, 0) is 38.7 Å². The largest absolute Gasteiger partial charge is 0.396 e. The SMILES string of the molecule is CCNC(=NCC1(CO)CC1)NC1CC(C)N(Cc2ccccc2)C1. The number of likely N-dealkylation sites (tertiary alicyclic amines) is 1. The Bertz CT molecular complexity index is 570. The molecule has 1 heterocycles. The van der Waals surface area contributed by atoms with Crippen molar-refractivity contribution in [2.24, 2.45) is 10.4 Å². The smallest absolute Gasteiger partial charge is 0.191 e. The molecule has 2 unspecified atom stereocenters. The third-order valence-electron chi connectivity index (χ3n) is 5.48. The topological polar surface area (TPSA) is 59.9 Å². The van der Waals surface area contributed by atoms with Gasteiger partial charge in [0.2, 0.25) is 0 Å². The van der Waals surface area contributed by atoms with Gasteiger partial charge in [-0.2, -0.15) is 0 Å². The molecule has 1 saturated heterocycles. The first kappa shape index (κ1) is 18.2. The van der Waals surface area contributed by atoms with E-state index in [-0.39, 0.29) is 12.0 Å². The third kappa shape index (κ3) is 4.95. The van der Waals surface area contributed by atoms with E-state index in [4.69, 9.17) is 4.99 Å². The first-order valence-corrected chi connectivity index (χ1v) is 9.58. The van der Waals surface area contributed by atoms with Gasteiger partial charge in [0.15, 0.2) is 5.96 Å². The molecule has 5 nitrogen and oxygen atoms in total. The first-order chi connectivity index (χ1) is 12.1. The summed E-state index contributed by atoms with van der Waals surface area (Å²) in [5.74, 6) is 0.890. The number of hydrogen-bond donors (Lipinski definition) is 3. The Kier molecular flexibility index (Phi) is 5.97. The van der Waals surface area contributed by atoms with Gasteiger partial charge in [-0.25, -0.2) is 0 Å². The summed E-state index contributed by atoms with van der Waals surface area (Å²) < 4.78 is 0. The summed E-state index contributed by atoms with van der Waals surface area (Å²) in [6.45, 7) is 8.26. The molecular formula is C20H32N4O. The van der Waals surface area contributed by atoms with Crippen molar-refractivity contribution in [3.63, 3.8) is 0 Å². The molecule has 3 rings (SSSR count). The minimum absolute atomic E-state index is 0.0602. The van der Waals surface area contributed by atoms with E-state index >= 15 is 0 Å². The average molecular weight is 345 g/mol. The molecule has 1 aromatic rings. The molecule has 2 atom stereocenters. The lowest BCUT2D eigenvalue weighted by Crippen LogP contribution is -2.44. The van der Waals surface area contributed by atoms with E-state index in [2.05, 4.69) is 59.7 Å². The number of aliphatic hydroxyl groups excluding tert-OH is 1. The summed E-state index contributed by atoms with van der Waals surface area (Å²) >= 11 is 0. The average Bonchev–Trinajstić information content (AvgIpc) is 3.33. The van der Waals surface area contributed by atoms with E-state index in [1.165, 1.54) is 5.56 Å². The van der Waals surface area contributed by atoms with Gasteiger partial charge in [0.25, 0.3) is 0 Å². The van der Waals surface area contributed by atoms with Gasteiger partial charge in [0, 0.05) is 37.1 Å². The number of nitrogens with one attached hydrogen (secondary N) is 2. The molecule has 1 aliphatic heterocycles. The summed E-state index contributed by atoms with van der Waals surface area (Å²) in [4.78, 5) is 7.27. The Morgan fingerprint density at radius 1 is 1.32 bits per heavy atom. The zero-order chi connectivity index (χ0) is 17.7. The molecule has 0 radical (unpaired) electrons. The van der Waals surface area contributed by atoms with E-state index in [9.17, 15) is 5.11 Å². The number of nitrogens with zero attached hydrogens (tertiary/aromatic N) is 2. The standard InChI is InChI=1S/C20H32N4O/c1-3-21-19(22-14-20(15-25)9-10-20)23-18-11-16(2)24(13-18)12-17-7-5-4-6-8-17/h4-8,16,18,25H,3,9-15H2,1-2H3,(H2,21,22,23). The molecule has 0 amide bonds. The van der Waals surface area contributed by atoms with Gasteiger partial charge in [0.1, 0.15) is 0 Å². The van der Waals surface area contributed by atoms with E-state index in [0.29, 0.717) is 12.1 Å². The maximum atomic E-state index is 9.48. The van der Waals surface area contributed by atoms with Gasteiger partial charge in [-0.1, -0.05) is 30.3 Å².